The molecule has 0 saturated heterocycles. The summed E-state index contributed by atoms with van der Waals surface area (Å²) in [7, 11) is 5.21. The average molecular weight is 447 g/mol. The summed E-state index contributed by atoms with van der Waals surface area (Å²) in [6, 6.07) is 12.3. The maximum absolute atomic E-state index is 5.48. The summed E-state index contributed by atoms with van der Waals surface area (Å²) >= 11 is 0. The van der Waals surface area contributed by atoms with Crippen LogP contribution in [0.3, 0.4) is 0 Å². The van der Waals surface area contributed by atoms with Crippen LogP contribution in [0.5, 0.6) is 11.5 Å². The number of nitrogens with one attached hydrogen (secondary N) is 2. The summed E-state index contributed by atoms with van der Waals surface area (Å²) < 4.78 is 12.7. The number of rotatable bonds is 9. The van der Waals surface area contributed by atoms with Crippen molar-refractivity contribution in [2.75, 3.05) is 26.1 Å². The smallest absolute Gasteiger partial charge is 0.122 e. The van der Waals surface area contributed by atoms with Crippen LogP contribution in [0.25, 0.3) is 22.3 Å². The van der Waals surface area contributed by atoms with E-state index in [0.29, 0.717) is 6.04 Å². The first-order valence-corrected chi connectivity index (χ1v) is 10.9. The molecule has 0 saturated carbocycles. The van der Waals surface area contributed by atoms with E-state index in [1.54, 1.807) is 31.3 Å². The van der Waals surface area contributed by atoms with Gasteiger partial charge in [0.25, 0.3) is 0 Å². The minimum Gasteiger partial charge on any atom is -0.497 e. The molecule has 33 heavy (non-hydrogen) atoms. The van der Waals surface area contributed by atoms with E-state index in [-0.39, 0.29) is 6.04 Å². The number of nitrogens with zero attached hydrogens (tertiary/aromatic N) is 4. The van der Waals surface area contributed by atoms with E-state index < -0.39 is 0 Å². The molecule has 1 atom stereocenters. The van der Waals surface area contributed by atoms with Crippen LogP contribution in [0.4, 0.5) is 5.69 Å². The Labute approximate surface area is 194 Å². The lowest BCUT2D eigenvalue weighted by atomic mass is 10.0. The number of aromatic nitrogens is 4. The SMILES string of the molecule is COc1cc(OC)cc(C(CNC(C)C)Nc2ccc3ncc(-c4cnn(C)c4)nc3c2)c1. The van der Waals surface area contributed by atoms with Crippen molar-refractivity contribution in [3.8, 4) is 22.8 Å². The molecule has 0 bridgehead atoms. The lowest BCUT2D eigenvalue weighted by molar-refractivity contribution is 0.392. The summed E-state index contributed by atoms with van der Waals surface area (Å²) in [5, 5.41) is 11.4. The zero-order valence-corrected chi connectivity index (χ0v) is 19.7. The van der Waals surface area contributed by atoms with Crippen molar-refractivity contribution in [3.05, 3.63) is 60.6 Å². The number of methoxy groups -OCH3 is 2. The van der Waals surface area contributed by atoms with E-state index in [4.69, 9.17) is 14.5 Å². The molecule has 1 unspecified atom stereocenters. The third-order valence-electron chi connectivity index (χ3n) is 5.39. The van der Waals surface area contributed by atoms with Crippen LogP contribution in [0.1, 0.15) is 25.5 Å². The van der Waals surface area contributed by atoms with Gasteiger partial charge in [0, 0.05) is 43.1 Å². The van der Waals surface area contributed by atoms with E-state index >= 15 is 0 Å². The molecule has 0 aliphatic heterocycles. The molecule has 0 aliphatic rings. The first kappa shape index (κ1) is 22.5. The van der Waals surface area contributed by atoms with Gasteiger partial charge in [0.15, 0.2) is 0 Å². The molecule has 172 valence electrons. The van der Waals surface area contributed by atoms with Crippen molar-refractivity contribution in [3.63, 3.8) is 0 Å². The Bertz CT molecular complexity index is 1210. The second-order valence-corrected chi connectivity index (χ2v) is 8.27. The topological polar surface area (TPSA) is 86.1 Å². The molecule has 0 radical (unpaired) electrons. The Morgan fingerprint density at radius 2 is 1.73 bits per heavy atom. The van der Waals surface area contributed by atoms with Crippen LogP contribution in [0, 0.1) is 0 Å². The Kier molecular flexibility index (Phi) is 6.74. The van der Waals surface area contributed by atoms with Crippen molar-refractivity contribution in [1.29, 1.82) is 0 Å². The number of hydrogen-bond donors (Lipinski definition) is 2. The fourth-order valence-electron chi connectivity index (χ4n) is 3.63. The number of benzene rings is 2. The number of hydrogen-bond acceptors (Lipinski definition) is 7. The van der Waals surface area contributed by atoms with Gasteiger partial charge in [-0.15, -0.1) is 0 Å². The molecule has 4 aromatic rings. The molecule has 0 aliphatic carbocycles. The molecule has 0 spiro atoms. The van der Waals surface area contributed by atoms with Crippen molar-refractivity contribution >= 4 is 16.7 Å². The maximum atomic E-state index is 5.48. The van der Waals surface area contributed by atoms with E-state index in [9.17, 15) is 0 Å². The molecule has 8 heteroatoms. The standard InChI is InChI=1S/C25H30N6O2/c1-16(2)26-13-24(17-8-20(32-4)11-21(9-17)33-5)29-19-6-7-22-23(10-19)30-25(14-27-22)18-12-28-31(3)15-18/h6-12,14-16,24,26,29H,13H2,1-5H3. The summed E-state index contributed by atoms with van der Waals surface area (Å²) in [6.45, 7) is 5.00. The van der Waals surface area contributed by atoms with Crippen LogP contribution in [-0.2, 0) is 7.05 Å². The van der Waals surface area contributed by atoms with Crippen LogP contribution in [0.15, 0.2) is 55.0 Å². The van der Waals surface area contributed by atoms with Gasteiger partial charge in [-0.05, 0) is 35.9 Å². The summed E-state index contributed by atoms with van der Waals surface area (Å²) in [5.74, 6) is 1.51. The van der Waals surface area contributed by atoms with Crippen molar-refractivity contribution < 1.29 is 9.47 Å². The van der Waals surface area contributed by atoms with Gasteiger partial charge >= 0.3 is 0 Å². The first-order chi connectivity index (χ1) is 15.9. The largest absolute Gasteiger partial charge is 0.497 e. The number of fused-ring (bicyclic) bond motifs is 1. The van der Waals surface area contributed by atoms with Crippen LogP contribution in [0.2, 0.25) is 0 Å². The molecule has 8 nitrogen and oxygen atoms in total. The average Bonchev–Trinajstić information content (AvgIpc) is 3.27. The monoisotopic (exact) mass is 446 g/mol. The van der Waals surface area contributed by atoms with Gasteiger partial charge < -0.3 is 20.1 Å². The fraction of sp³-hybridized carbons (Fsp3) is 0.320. The normalized spacial score (nSPS) is 12.2. The highest BCUT2D eigenvalue weighted by molar-refractivity contribution is 5.80. The number of anilines is 1. The highest BCUT2D eigenvalue weighted by Crippen LogP contribution is 2.29. The molecule has 2 heterocycles. The van der Waals surface area contributed by atoms with Crippen LogP contribution >= 0.6 is 0 Å². The number of aryl methyl sites for hydroxylation is 1. The Hall–Kier alpha value is -3.65. The first-order valence-electron chi connectivity index (χ1n) is 10.9. The summed E-state index contributed by atoms with van der Waals surface area (Å²) in [4.78, 5) is 9.39. The lowest BCUT2D eigenvalue weighted by Crippen LogP contribution is -2.31. The van der Waals surface area contributed by atoms with Crippen molar-refractivity contribution in [2.24, 2.45) is 7.05 Å². The van der Waals surface area contributed by atoms with Gasteiger partial charge in [0.05, 0.1) is 49.4 Å². The zero-order chi connectivity index (χ0) is 23.4. The van der Waals surface area contributed by atoms with Gasteiger partial charge in [-0.2, -0.15) is 5.10 Å². The van der Waals surface area contributed by atoms with Crippen molar-refractivity contribution in [1.82, 2.24) is 25.1 Å². The van der Waals surface area contributed by atoms with Gasteiger partial charge in [0.1, 0.15) is 11.5 Å². The molecule has 2 aromatic heterocycles. The molecule has 2 aromatic carbocycles. The van der Waals surface area contributed by atoms with E-state index in [1.165, 1.54) is 0 Å². The highest BCUT2D eigenvalue weighted by Gasteiger charge is 2.16. The van der Waals surface area contributed by atoms with Gasteiger partial charge in [0.2, 0.25) is 0 Å². The molecule has 0 amide bonds. The fourth-order valence-corrected chi connectivity index (χ4v) is 3.63. The van der Waals surface area contributed by atoms with Crippen molar-refractivity contribution in [2.45, 2.75) is 25.9 Å². The minimum atomic E-state index is -0.0108. The Balaban J connectivity index is 1.67. The Morgan fingerprint density at radius 3 is 2.36 bits per heavy atom. The van der Waals surface area contributed by atoms with Crippen LogP contribution in [-0.4, -0.2) is 46.6 Å². The van der Waals surface area contributed by atoms with E-state index in [1.807, 2.05) is 49.6 Å². The van der Waals surface area contributed by atoms with Gasteiger partial charge in [-0.25, -0.2) is 4.98 Å². The molecule has 4 rings (SSSR count). The van der Waals surface area contributed by atoms with Gasteiger partial charge in [-0.3, -0.25) is 9.67 Å². The molecular weight excluding hydrogens is 416 g/mol. The molecule has 2 N–H and O–H groups in total. The second kappa shape index (κ2) is 9.87. The lowest BCUT2D eigenvalue weighted by Gasteiger charge is -2.23. The predicted octanol–water partition coefficient (Wildman–Crippen LogP) is 4.20. The molecular formula is C25H30N6O2. The second-order valence-electron chi connectivity index (χ2n) is 8.27. The minimum absolute atomic E-state index is 0.0108. The Morgan fingerprint density at radius 1 is 0.970 bits per heavy atom. The number of ether oxygens (including phenoxy) is 2. The van der Waals surface area contributed by atoms with E-state index in [0.717, 1.165) is 51.6 Å². The van der Waals surface area contributed by atoms with Gasteiger partial charge in [-0.1, -0.05) is 13.8 Å². The highest BCUT2D eigenvalue weighted by atomic mass is 16.5. The third kappa shape index (κ3) is 5.40. The quantitative estimate of drug-likeness (QED) is 0.398. The third-order valence-corrected chi connectivity index (χ3v) is 5.39. The predicted molar refractivity (Wildman–Crippen MR) is 131 cm³/mol. The van der Waals surface area contributed by atoms with Crippen LogP contribution < -0.4 is 20.1 Å². The zero-order valence-electron chi connectivity index (χ0n) is 19.7. The maximum Gasteiger partial charge on any atom is 0.122 e. The summed E-state index contributed by atoms with van der Waals surface area (Å²) in [6.07, 6.45) is 5.51. The van der Waals surface area contributed by atoms with E-state index in [2.05, 4.69) is 34.6 Å². The molecule has 0 fully saturated rings. The summed E-state index contributed by atoms with van der Waals surface area (Å²) in [5.41, 5.74) is 5.41.